The monoisotopic (exact) mass is 269 g/mol. The van der Waals surface area contributed by atoms with Crippen molar-refractivity contribution < 1.29 is 9.53 Å². The predicted octanol–water partition coefficient (Wildman–Crippen LogP) is 1.33. The Morgan fingerprint density at radius 1 is 1.61 bits per heavy atom. The van der Waals surface area contributed by atoms with Crippen molar-refractivity contribution in [1.29, 1.82) is 0 Å². The Morgan fingerprint density at radius 2 is 2.50 bits per heavy atom. The zero-order valence-electron chi connectivity index (χ0n) is 10.6. The van der Waals surface area contributed by atoms with E-state index < -0.39 is 0 Å². The average molecular weight is 269 g/mol. The van der Waals surface area contributed by atoms with Gasteiger partial charge < -0.3 is 15.4 Å². The van der Waals surface area contributed by atoms with Gasteiger partial charge in [-0.2, -0.15) is 0 Å². The smallest absolute Gasteiger partial charge is 0.314 e. The molecule has 0 radical (unpaired) electrons. The molecule has 1 unspecified atom stereocenters. The molecule has 0 saturated carbocycles. The van der Waals surface area contributed by atoms with Crippen molar-refractivity contribution in [3.8, 4) is 0 Å². The van der Waals surface area contributed by atoms with Crippen LogP contribution in [0.1, 0.15) is 17.1 Å². The molecule has 1 aliphatic heterocycles. The quantitative estimate of drug-likeness (QED) is 0.847. The molecule has 0 bridgehead atoms. The standard InChI is InChI=1S/C12H19N3O2S/c1-9-15-11(8-18-9)2-4-13-12(16)14-6-10-3-5-17-7-10/h8,10H,2-7H2,1H3,(H2,13,14,16). The lowest BCUT2D eigenvalue weighted by molar-refractivity contribution is 0.185. The van der Waals surface area contributed by atoms with Gasteiger partial charge in [-0.15, -0.1) is 11.3 Å². The number of aromatic nitrogens is 1. The number of carbonyl (C=O) groups excluding carboxylic acids is 1. The van der Waals surface area contributed by atoms with E-state index in [0.717, 1.165) is 36.8 Å². The van der Waals surface area contributed by atoms with E-state index in [1.807, 2.05) is 12.3 Å². The number of nitrogens with one attached hydrogen (secondary N) is 2. The number of amides is 2. The van der Waals surface area contributed by atoms with Gasteiger partial charge >= 0.3 is 6.03 Å². The number of rotatable bonds is 5. The summed E-state index contributed by atoms with van der Waals surface area (Å²) in [4.78, 5) is 15.9. The summed E-state index contributed by atoms with van der Waals surface area (Å²) in [5.41, 5.74) is 1.04. The first-order chi connectivity index (χ1) is 8.74. The van der Waals surface area contributed by atoms with E-state index in [1.54, 1.807) is 11.3 Å². The molecule has 1 aliphatic rings. The number of urea groups is 1. The largest absolute Gasteiger partial charge is 0.381 e. The molecule has 6 heteroatoms. The molecule has 0 aromatic carbocycles. The number of ether oxygens (including phenoxy) is 1. The minimum atomic E-state index is -0.103. The Morgan fingerprint density at radius 3 is 3.17 bits per heavy atom. The molecule has 0 spiro atoms. The molecule has 2 heterocycles. The Kier molecular flexibility index (Phi) is 4.95. The van der Waals surface area contributed by atoms with E-state index in [0.29, 0.717) is 19.0 Å². The van der Waals surface area contributed by atoms with E-state index in [4.69, 9.17) is 4.74 Å². The van der Waals surface area contributed by atoms with Crippen LogP contribution in [-0.4, -0.2) is 37.3 Å². The Bertz CT molecular complexity index is 388. The van der Waals surface area contributed by atoms with Crippen LogP contribution in [0.5, 0.6) is 0 Å². The van der Waals surface area contributed by atoms with Crippen molar-refractivity contribution in [2.75, 3.05) is 26.3 Å². The van der Waals surface area contributed by atoms with Crippen molar-refractivity contribution in [1.82, 2.24) is 15.6 Å². The van der Waals surface area contributed by atoms with Gasteiger partial charge in [0.15, 0.2) is 0 Å². The fourth-order valence-corrected chi connectivity index (χ4v) is 2.52. The van der Waals surface area contributed by atoms with Gasteiger partial charge in [-0.05, 0) is 13.3 Å². The predicted molar refractivity (Wildman–Crippen MR) is 70.9 cm³/mol. The van der Waals surface area contributed by atoms with Gasteiger partial charge in [0, 0.05) is 37.4 Å². The molecule has 1 atom stereocenters. The van der Waals surface area contributed by atoms with E-state index >= 15 is 0 Å². The van der Waals surface area contributed by atoms with Crippen LogP contribution in [0.25, 0.3) is 0 Å². The molecule has 18 heavy (non-hydrogen) atoms. The summed E-state index contributed by atoms with van der Waals surface area (Å²) in [6.07, 6.45) is 1.82. The third-order valence-corrected chi connectivity index (χ3v) is 3.73. The van der Waals surface area contributed by atoms with Crippen LogP contribution in [0.4, 0.5) is 4.79 Å². The topological polar surface area (TPSA) is 63.2 Å². The van der Waals surface area contributed by atoms with E-state index in [2.05, 4.69) is 15.6 Å². The molecule has 1 aromatic rings. The zero-order chi connectivity index (χ0) is 12.8. The molecular formula is C12H19N3O2S. The second-order valence-corrected chi connectivity index (χ2v) is 5.54. The van der Waals surface area contributed by atoms with Crippen LogP contribution in [0.2, 0.25) is 0 Å². The second-order valence-electron chi connectivity index (χ2n) is 4.47. The van der Waals surface area contributed by atoms with Gasteiger partial charge in [0.05, 0.1) is 17.3 Å². The lowest BCUT2D eigenvalue weighted by atomic mass is 10.1. The Balaban J connectivity index is 1.57. The average Bonchev–Trinajstić information content (AvgIpc) is 2.98. The molecule has 0 aliphatic carbocycles. The molecule has 100 valence electrons. The van der Waals surface area contributed by atoms with Crippen LogP contribution in [0, 0.1) is 12.8 Å². The van der Waals surface area contributed by atoms with Gasteiger partial charge in [0.2, 0.25) is 0 Å². The molecule has 2 N–H and O–H groups in total. The van der Waals surface area contributed by atoms with Crippen LogP contribution in [-0.2, 0) is 11.2 Å². The van der Waals surface area contributed by atoms with Crippen LogP contribution < -0.4 is 10.6 Å². The lowest BCUT2D eigenvalue weighted by Gasteiger charge is -2.10. The number of carbonyl (C=O) groups is 1. The highest BCUT2D eigenvalue weighted by Gasteiger charge is 2.15. The van der Waals surface area contributed by atoms with Gasteiger partial charge in [-0.3, -0.25) is 0 Å². The minimum Gasteiger partial charge on any atom is -0.381 e. The molecule has 2 amide bonds. The fraction of sp³-hybridized carbons (Fsp3) is 0.667. The molecule has 1 aromatic heterocycles. The maximum absolute atomic E-state index is 11.5. The molecule has 1 fully saturated rings. The summed E-state index contributed by atoms with van der Waals surface area (Å²) in [7, 11) is 0. The van der Waals surface area contributed by atoms with Gasteiger partial charge in [0.1, 0.15) is 0 Å². The molecule has 2 rings (SSSR count). The van der Waals surface area contributed by atoms with E-state index in [9.17, 15) is 4.79 Å². The van der Waals surface area contributed by atoms with Crippen molar-refractivity contribution in [3.05, 3.63) is 16.1 Å². The summed E-state index contributed by atoms with van der Waals surface area (Å²) in [6, 6.07) is -0.103. The Labute approximate surface area is 111 Å². The highest BCUT2D eigenvalue weighted by atomic mass is 32.1. The van der Waals surface area contributed by atoms with Crippen molar-refractivity contribution in [2.24, 2.45) is 5.92 Å². The van der Waals surface area contributed by atoms with E-state index in [1.165, 1.54) is 0 Å². The number of nitrogens with zero attached hydrogens (tertiary/aromatic N) is 1. The first-order valence-corrected chi connectivity index (χ1v) is 7.12. The fourth-order valence-electron chi connectivity index (χ4n) is 1.87. The SMILES string of the molecule is Cc1nc(CCNC(=O)NCC2CCOC2)cs1. The maximum Gasteiger partial charge on any atom is 0.314 e. The normalized spacial score (nSPS) is 18.8. The molecular weight excluding hydrogens is 250 g/mol. The highest BCUT2D eigenvalue weighted by Crippen LogP contribution is 2.10. The summed E-state index contributed by atoms with van der Waals surface area (Å²) < 4.78 is 5.25. The second kappa shape index (κ2) is 6.70. The third-order valence-electron chi connectivity index (χ3n) is 2.91. The molecule has 5 nitrogen and oxygen atoms in total. The van der Waals surface area contributed by atoms with E-state index in [-0.39, 0.29) is 6.03 Å². The minimum absolute atomic E-state index is 0.103. The summed E-state index contributed by atoms with van der Waals surface area (Å²) >= 11 is 1.64. The zero-order valence-corrected chi connectivity index (χ0v) is 11.4. The van der Waals surface area contributed by atoms with Crippen molar-refractivity contribution in [3.63, 3.8) is 0 Å². The van der Waals surface area contributed by atoms with Crippen LogP contribution in [0.3, 0.4) is 0 Å². The maximum atomic E-state index is 11.5. The van der Waals surface area contributed by atoms with Gasteiger partial charge in [-0.25, -0.2) is 9.78 Å². The highest BCUT2D eigenvalue weighted by molar-refractivity contribution is 7.09. The summed E-state index contributed by atoms with van der Waals surface area (Å²) in [6.45, 7) is 4.88. The Hall–Kier alpha value is -1.14. The summed E-state index contributed by atoms with van der Waals surface area (Å²) in [5, 5.41) is 8.80. The van der Waals surface area contributed by atoms with Crippen molar-refractivity contribution >= 4 is 17.4 Å². The van der Waals surface area contributed by atoms with Crippen LogP contribution in [0.15, 0.2) is 5.38 Å². The first-order valence-electron chi connectivity index (χ1n) is 6.24. The van der Waals surface area contributed by atoms with Gasteiger partial charge in [-0.1, -0.05) is 0 Å². The number of hydrogen-bond donors (Lipinski definition) is 2. The summed E-state index contributed by atoms with van der Waals surface area (Å²) in [5.74, 6) is 0.469. The lowest BCUT2D eigenvalue weighted by Crippen LogP contribution is -2.39. The number of aryl methyl sites for hydroxylation is 1. The first kappa shape index (κ1) is 13.3. The van der Waals surface area contributed by atoms with Crippen molar-refractivity contribution in [2.45, 2.75) is 19.8 Å². The number of hydrogen-bond acceptors (Lipinski definition) is 4. The number of thiazole rings is 1. The third kappa shape index (κ3) is 4.27. The van der Waals surface area contributed by atoms with Gasteiger partial charge in [0.25, 0.3) is 0 Å². The molecule has 1 saturated heterocycles. The van der Waals surface area contributed by atoms with Crippen LogP contribution >= 0.6 is 11.3 Å².